The van der Waals surface area contributed by atoms with Crippen molar-refractivity contribution >= 4 is 16.7 Å². The number of benzene rings is 2. The van der Waals surface area contributed by atoms with Gasteiger partial charge in [0, 0.05) is 12.1 Å². The second-order valence-corrected chi connectivity index (χ2v) is 7.20. The summed E-state index contributed by atoms with van der Waals surface area (Å²) in [4.78, 5) is 15.0. The third-order valence-electron chi connectivity index (χ3n) is 5.25. The van der Waals surface area contributed by atoms with Crippen LogP contribution in [-0.2, 0) is 11.3 Å². The van der Waals surface area contributed by atoms with Gasteiger partial charge in [-0.2, -0.15) is 0 Å². The number of quaternary nitrogens is 2. The van der Waals surface area contributed by atoms with Crippen LogP contribution < -0.4 is 15.1 Å². The number of amides is 1. The summed E-state index contributed by atoms with van der Waals surface area (Å²) in [5, 5.41) is 5.74. The van der Waals surface area contributed by atoms with Crippen LogP contribution in [0.15, 0.2) is 42.5 Å². The molecule has 134 valence electrons. The Labute approximate surface area is 150 Å². The molecule has 1 fully saturated rings. The van der Waals surface area contributed by atoms with Crippen molar-refractivity contribution in [2.75, 3.05) is 39.3 Å². The summed E-state index contributed by atoms with van der Waals surface area (Å²) in [6.07, 6.45) is 2.20. The van der Waals surface area contributed by atoms with Gasteiger partial charge in [0.05, 0.1) is 0 Å². The molecule has 0 aliphatic carbocycles. The monoisotopic (exact) mass is 341 g/mol. The van der Waals surface area contributed by atoms with E-state index in [1.807, 2.05) is 0 Å². The van der Waals surface area contributed by atoms with Crippen LogP contribution in [0.25, 0.3) is 10.8 Å². The minimum atomic E-state index is 0.209. The van der Waals surface area contributed by atoms with Gasteiger partial charge in [0.25, 0.3) is 5.91 Å². The van der Waals surface area contributed by atoms with Crippen LogP contribution in [0, 0.1) is 0 Å². The van der Waals surface area contributed by atoms with Gasteiger partial charge in [-0.3, -0.25) is 4.79 Å². The first-order valence-corrected chi connectivity index (χ1v) is 9.66. The van der Waals surface area contributed by atoms with Gasteiger partial charge in [0.15, 0.2) is 6.54 Å². The fraction of sp³-hybridized carbons (Fsp3) is 0.476. The number of hydrogen-bond acceptors (Lipinski definition) is 1. The number of hydrogen-bond donors (Lipinski definition) is 3. The summed E-state index contributed by atoms with van der Waals surface area (Å²) in [5.41, 5.74) is 1.44. The van der Waals surface area contributed by atoms with Crippen LogP contribution in [0.2, 0.25) is 0 Å². The predicted molar refractivity (Wildman–Crippen MR) is 102 cm³/mol. The van der Waals surface area contributed by atoms with Gasteiger partial charge < -0.3 is 15.1 Å². The lowest BCUT2D eigenvalue weighted by molar-refractivity contribution is -1.02. The fourth-order valence-electron chi connectivity index (χ4n) is 3.72. The molecule has 0 saturated carbocycles. The van der Waals surface area contributed by atoms with E-state index in [4.69, 9.17) is 0 Å². The maximum atomic E-state index is 12.0. The Morgan fingerprint density at radius 2 is 1.72 bits per heavy atom. The van der Waals surface area contributed by atoms with Gasteiger partial charge in [0.1, 0.15) is 32.7 Å². The molecule has 0 radical (unpaired) electrons. The van der Waals surface area contributed by atoms with E-state index >= 15 is 0 Å². The average Bonchev–Trinajstić information content (AvgIpc) is 2.64. The maximum absolute atomic E-state index is 12.0. The molecule has 1 saturated heterocycles. The van der Waals surface area contributed by atoms with E-state index in [-0.39, 0.29) is 5.91 Å². The Bertz CT molecular complexity index is 687. The summed E-state index contributed by atoms with van der Waals surface area (Å²) in [6, 6.07) is 15.3. The minimum absolute atomic E-state index is 0.209. The third kappa shape index (κ3) is 5.03. The Hall–Kier alpha value is -1.91. The average molecular weight is 341 g/mol. The molecule has 3 rings (SSSR count). The van der Waals surface area contributed by atoms with Gasteiger partial charge >= 0.3 is 0 Å². The highest BCUT2D eigenvalue weighted by Crippen LogP contribution is 2.17. The summed E-state index contributed by atoms with van der Waals surface area (Å²) in [6.45, 7) is 9.13. The fourth-order valence-corrected chi connectivity index (χ4v) is 3.72. The summed E-state index contributed by atoms with van der Waals surface area (Å²) >= 11 is 0. The zero-order valence-corrected chi connectivity index (χ0v) is 15.3. The molecule has 1 aliphatic heterocycles. The standard InChI is InChI=1S/C21H29N3O/c1-2-3-11-22-21(25)17-24-14-12-23(13-15-24)16-19-9-6-8-18-7-4-5-10-20(18)19/h4-10H,2-3,11-17H2,1H3,(H,22,25)/p+2. The molecule has 0 spiro atoms. The Morgan fingerprint density at radius 3 is 2.52 bits per heavy atom. The van der Waals surface area contributed by atoms with Crippen LogP contribution in [0.1, 0.15) is 25.3 Å². The highest BCUT2D eigenvalue weighted by molar-refractivity contribution is 5.85. The highest BCUT2D eigenvalue weighted by Gasteiger charge is 2.25. The molecule has 2 aromatic carbocycles. The minimum Gasteiger partial charge on any atom is -0.351 e. The van der Waals surface area contributed by atoms with Crippen molar-refractivity contribution in [1.29, 1.82) is 0 Å². The molecule has 0 unspecified atom stereocenters. The lowest BCUT2D eigenvalue weighted by Gasteiger charge is -2.29. The van der Waals surface area contributed by atoms with E-state index in [0.29, 0.717) is 6.54 Å². The normalized spacial score (nSPS) is 20.5. The van der Waals surface area contributed by atoms with E-state index < -0.39 is 0 Å². The number of piperazine rings is 1. The van der Waals surface area contributed by atoms with Crippen LogP contribution in [0.5, 0.6) is 0 Å². The SMILES string of the molecule is CCCCNC(=O)C[NH+]1CC[NH+](Cc2cccc3ccccc23)CC1. The second-order valence-electron chi connectivity index (χ2n) is 7.20. The molecular weight excluding hydrogens is 310 g/mol. The maximum Gasteiger partial charge on any atom is 0.275 e. The number of carbonyl (C=O) groups is 1. The molecule has 0 aromatic heterocycles. The van der Waals surface area contributed by atoms with E-state index in [9.17, 15) is 4.79 Å². The number of nitrogens with one attached hydrogen (secondary N) is 3. The first-order chi connectivity index (χ1) is 12.3. The number of carbonyl (C=O) groups excluding carboxylic acids is 1. The van der Waals surface area contributed by atoms with E-state index in [0.717, 1.165) is 52.1 Å². The summed E-state index contributed by atoms with van der Waals surface area (Å²) < 4.78 is 0. The van der Waals surface area contributed by atoms with Gasteiger partial charge in [0.2, 0.25) is 0 Å². The topological polar surface area (TPSA) is 38.0 Å². The Balaban J connectivity index is 1.48. The lowest BCUT2D eigenvalue weighted by Crippen LogP contribution is -3.28. The Kier molecular flexibility index (Phi) is 6.42. The zero-order valence-electron chi connectivity index (χ0n) is 15.3. The molecular formula is C21H31N3O+2. The van der Waals surface area contributed by atoms with Crippen molar-refractivity contribution in [3.05, 3.63) is 48.0 Å². The van der Waals surface area contributed by atoms with E-state index in [1.54, 1.807) is 4.90 Å². The van der Waals surface area contributed by atoms with Crippen molar-refractivity contribution in [1.82, 2.24) is 5.32 Å². The van der Waals surface area contributed by atoms with E-state index in [2.05, 4.69) is 54.7 Å². The number of fused-ring (bicyclic) bond motifs is 1. The first kappa shape index (κ1) is 17.9. The molecule has 0 atom stereocenters. The molecule has 4 heteroatoms. The highest BCUT2D eigenvalue weighted by atomic mass is 16.2. The molecule has 25 heavy (non-hydrogen) atoms. The van der Waals surface area contributed by atoms with E-state index in [1.165, 1.54) is 21.2 Å². The van der Waals surface area contributed by atoms with Gasteiger partial charge in [-0.25, -0.2) is 0 Å². The molecule has 1 amide bonds. The van der Waals surface area contributed by atoms with Gasteiger partial charge in [-0.15, -0.1) is 0 Å². The van der Waals surface area contributed by atoms with Crippen molar-refractivity contribution in [3.8, 4) is 0 Å². The van der Waals surface area contributed by atoms with Crippen molar-refractivity contribution < 1.29 is 14.6 Å². The van der Waals surface area contributed by atoms with Gasteiger partial charge in [-0.05, 0) is 17.2 Å². The molecule has 1 heterocycles. The largest absolute Gasteiger partial charge is 0.351 e. The van der Waals surface area contributed by atoms with Crippen molar-refractivity contribution in [3.63, 3.8) is 0 Å². The number of unbranched alkanes of at least 4 members (excludes halogenated alkanes) is 1. The zero-order chi connectivity index (χ0) is 17.5. The first-order valence-electron chi connectivity index (χ1n) is 9.66. The predicted octanol–water partition coefficient (Wildman–Crippen LogP) is 0.0395. The summed E-state index contributed by atoms with van der Waals surface area (Å²) in [5.74, 6) is 0.209. The molecule has 3 N–H and O–H groups in total. The Morgan fingerprint density at radius 1 is 1.00 bits per heavy atom. The quantitative estimate of drug-likeness (QED) is 0.611. The summed E-state index contributed by atoms with van der Waals surface area (Å²) in [7, 11) is 0. The van der Waals surface area contributed by atoms with Crippen LogP contribution >= 0.6 is 0 Å². The third-order valence-corrected chi connectivity index (χ3v) is 5.25. The van der Waals surface area contributed by atoms with Crippen LogP contribution in [-0.4, -0.2) is 45.2 Å². The molecule has 0 bridgehead atoms. The smallest absolute Gasteiger partial charge is 0.275 e. The lowest BCUT2D eigenvalue weighted by atomic mass is 10.0. The second kappa shape index (κ2) is 8.97. The van der Waals surface area contributed by atoms with Gasteiger partial charge in [-0.1, -0.05) is 55.8 Å². The number of rotatable bonds is 7. The van der Waals surface area contributed by atoms with Crippen LogP contribution in [0.3, 0.4) is 0 Å². The van der Waals surface area contributed by atoms with Crippen molar-refractivity contribution in [2.24, 2.45) is 0 Å². The molecule has 1 aliphatic rings. The molecule has 2 aromatic rings. The molecule has 4 nitrogen and oxygen atoms in total. The van der Waals surface area contributed by atoms with Crippen molar-refractivity contribution in [2.45, 2.75) is 26.3 Å². The van der Waals surface area contributed by atoms with Crippen LogP contribution in [0.4, 0.5) is 0 Å².